The molecular weight excluding hydrogens is 372 g/mol. The van der Waals surface area contributed by atoms with Gasteiger partial charge < -0.3 is 13.9 Å². The summed E-state index contributed by atoms with van der Waals surface area (Å²) in [5.74, 6) is 2.75. The van der Waals surface area contributed by atoms with Gasteiger partial charge in [0.15, 0.2) is 5.16 Å². The van der Waals surface area contributed by atoms with Gasteiger partial charge in [0.1, 0.15) is 11.6 Å². The summed E-state index contributed by atoms with van der Waals surface area (Å²) in [4.78, 5) is 15.0. The zero-order valence-corrected chi connectivity index (χ0v) is 16.9. The lowest BCUT2D eigenvalue weighted by Crippen LogP contribution is -2.32. The third kappa shape index (κ3) is 4.41. The first-order valence-electron chi connectivity index (χ1n) is 9.95. The van der Waals surface area contributed by atoms with E-state index in [1.54, 1.807) is 6.26 Å². The first-order valence-corrected chi connectivity index (χ1v) is 10.9. The van der Waals surface area contributed by atoms with Gasteiger partial charge in [0, 0.05) is 18.2 Å². The van der Waals surface area contributed by atoms with Crippen molar-refractivity contribution in [1.82, 2.24) is 19.7 Å². The second-order valence-corrected chi connectivity index (χ2v) is 8.25. The Hall–Kier alpha value is -2.28. The summed E-state index contributed by atoms with van der Waals surface area (Å²) in [6.45, 7) is 5.00. The minimum Gasteiger partial charge on any atom is -0.467 e. The van der Waals surface area contributed by atoms with Crippen LogP contribution in [0.1, 0.15) is 56.0 Å². The molecule has 28 heavy (non-hydrogen) atoms. The molecule has 1 saturated carbocycles. The van der Waals surface area contributed by atoms with Crippen LogP contribution in [-0.4, -0.2) is 31.3 Å². The molecule has 0 atom stereocenters. The number of allylic oxidation sites excluding steroid dienone is 3. The zero-order chi connectivity index (χ0) is 19.3. The van der Waals surface area contributed by atoms with Gasteiger partial charge in [-0.25, -0.2) is 0 Å². The van der Waals surface area contributed by atoms with Gasteiger partial charge in [-0.15, -0.1) is 16.8 Å². The number of rotatable bonds is 9. The van der Waals surface area contributed by atoms with E-state index in [0.717, 1.165) is 41.7 Å². The number of hydrogen-bond donors (Lipinski definition) is 0. The Morgan fingerprint density at radius 1 is 1.39 bits per heavy atom. The predicted octanol–water partition coefficient (Wildman–Crippen LogP) is 4.51. The molecule has 2 aromatic rings. The minimum absolute atomic E-state index is 0.0793. The van der Waals surface area contributed by atoms with Gasteiger partial charge in [0.2, 0.25) is 5.91 Å². The fourth-order valence-corrected chi connectivity index (χ4v) is 4.36. The average Bonchev–Trinajstić information content (AvgIpc) is 3.28. The van der Waals surface area contributed by atoms with Crippen LogP contribution < -0.4 is 0 Å². The van der Waals surface area contributed by atoms with E-state index in [1.807, 2.05) is 23.1 Å². The van der Waals surface area contributed by atoms with Crippen molar-refractivity contribution in [2.24, 2.45) is 0 Å². The number of hydrogen-bond acceptors (Lipinski definition) is 5. The third-order valence-electron chi connectivity index (χ3n) is 5.13. The van der Waals surface area contributed by atoms with E-state index < -0.39 is 0 Å². The summed E-state index contributed by atoms with van der Waals surface area (Å²) >= 11 is 1.46. The van der Waals surface area contributed by atoms with E-state index >= 15 is 0 Å². The normalized spacial score (nSPS) is 16.6. The molecule has 0 aromatic carbocycles. The monoisotopic (exact) mass is 398 g/mol. The van der Waals surface area contributed by atoms with Crippen molar-refractivity contribution in [3.05, 3.63) is 54.4 Å². The number of thioether (sulfide) groups is 1. The zero-order valence-electron chi connectivity index (χ0n) is 16.0. The van der Waals surface area contributed by atoms with E-state index in [-0.39, 0.29) is 5.91 Å². The van der Waals surface area contributed by atoms with Crippen LogP contribution >= 0.6 is 11.8 Å². The molecule has 4 rings (SSSR count). The smallest absolute Gasteiger partial charge is 0.237 e. The summed E-state index contributed by atoms with van der Waals surface area (Å²) in [6.07, 6.45) is 12.3. The average molecular weight is 399 g/mol. The highest BCUT2D eigenvalue weighted by Gasteiger charge is 2.30. The maximum atomic E-state index is 13.1. The van der Waals surface area contributed by atoms with Crippen molar-refractivity contribution < 1.29 is 9.21 Å². The first kappa shape index (κ1) is 19.1. The molecule has 0 bridgehead atoms. The molecule has 0 spiro atoms. The molecule has 0 unspecified atom stereocenters. The number of nitrogens with zero attached hydrogens (tertiary/aromatic N) is 4. The van der Waals surface area contributed by atoms with Crippen molar-refractivity contribution in [3.8, 4) is 0 Å². The van der Waals surface area contributed by atoms with E-state index in [2.05, 4.69) is 27.4 Å². The quantitative estimate of drug-likeness (QED) is 0.459. The topological polar surface area (TPSA) is 64.2 Å². The third-order valence-corrected chi connectivity index (χ3v) is 6.08. The standard InChI is InChI=1S/C21H26N4O2S/c1-2-12-24-20(16-10-11-16)22-23-21(24)28-15-19(26)25(14-18-9-6-13-27-18)17-7-4-3-5-8-17/h2,6-7,9,13,16H,1,3-5,8,10-12,14-15H2. The largest absolute Gasteiger partial charge is 0.467 e. The summed E-state index contributed by atoms with van der Waals surface area (Å²) < 4.78 is 7.59. The molecular formula is C21H26N4O2S. The molecule has 1 amide bonds. The van der Waals surface area contributed by atoms with Crippen LogP contribution in [0.5, 0.6) is 0 Å². The van der Waals surface area contributed by atoms with Gasteiger partial charge in [-0.2, -0.15) is 0 Å². The van der Waals surface area contributed by atoms with Gasteiger partial charge in [-0.05, 0) is 50.7 Å². The van der Waals surface area contributed by atoms with E-state index in [4.69, 9.17) is 4.42 Å². The highest BCUT2D eigenvalue weighted by atomic mass is 32.2. The molecule has 2 aliphatic carbocycles. The molecule has 0 radical (unpaired) electrons. The van der Waals surface area contributed by atoms with Gasteiger partial charge in [-0.1, -0.05) is 23.9 Å². The Balaban J connectivity index is 1.47. The molecule has 2 aromatic heterocycles. The van der Waals surface area contributed by atoms with Gasteiger partial charge in [0.25, 0.3) is 0 Å². The minimum atomic E-state index is 0.0793. The fourth-order valence-electron chi connectivity index (χ4n) is 3.53. The molecule has 2 heterocycles. The highest BCUT2D eigenvalue weighted by Crippen LogP contribution is 2.40. The molecule has 148 valence electrons. The molecule has 1 fully saturated rings. The Labute approximate surface area is 169 Å². The van der Waals surface area contributed by atoms with Gasteiger partial charge in [0.05, 0.1) is 18.6 Å². The van der Waals surface area contributed by atoms with Crippen molar-refractivity contribution in [3.63, 3.8) is 0 Å². The Bertz CT molecular complexity index is 852. The number of carbonyl (C=O) groups is 1. The van der Waals surface area contributed by atoms with Crippen LogP contribution in [0.15, 0.2) is 52.4 Å². The van der Waals surface area contributed by atoms with Gasteiger partial charge in [-0.3, -0.25) is 4.79 Å². The summed E-state index contributed by atoms with van der Waals surface area (Å²) in [5.41, 5.74) is 1.11. The van der Waals surface area contributed by atoms with Crippen molar-refractivity contribution in [1.29, 1.82) is 0 Å². The molecule has 2 aliphatic rings. The summed E-state index contributed by atoms with van der Waals surface area (Å²) in [5, 5.41) is 9.50. The van der Waals surface area contributed by atoms with Crippen molar-refractivity contribution in [2.75, 3.05) is 5.75 Å². The van der Waals surface area contributed by atoms with Crippen LogP contribution in [0.25, 0.3) is 0 Å². The first-order chi connectivity index (χ1) is 13.8. The van der Waals surface area contributed by atoms with Crippen LogP contribution in [0, 0.1) is 0 Å². The summed E-state index contributed by atoms with van der Waals surface area (Å²) in [6, 6.07) is 3.78. The Morgan fingerprint density at radius 2 is 2.29 bits per heavy atom. The van der Waals surface area contributed by atoms with Crippen LogP contribution in [-0.2, 0) is 17.9 Å². The molecule has 0 aliphatic heterocycles. The number of aromatic nitrogens is 3. The lowest BCUT2D eigenvalue weighted by Gasteiger charge is -2.27. The van der Waals surface area contributed by atoms with Gasteiger partial charge >= 0.3 is 0 Å². The molecule has 6 nitrogen and oxygen atoms in total. The predicted molar refractivity (Wildman–Crippen MR) is 109 cm³/mol. The van der Waals surface area contributed by atoms with E-state index in [1.165, 1.54) is 31.0 Å². The lowest BCUT2D eigenvalue weighted by molar-refractivity contribution is -0.127. The number of carbonyl (C=O) groups excluding carboxylic acids is 1. The second kappa shape index (κ2) is 8.82. The molecule has 0 N–H and O–H groups in total. The number of amides is 1. The number of furan rings is 1. The molecule has 7 heteroatoms. The molecule has 0 saturated heterocycles. The SMILES string of the molecule is C=CCn1c(SCC(=O)N(Cc2ccco2)C2=CCCCC2)nnc1C1CC1. The highest BCUT2D eigenvalue weighted by molar-refractivity contribution is 7.99. The second-order valence-electron chi connectivity index (χ2n) is 7.30. The Morgan fingerprint density at radius 3 is 2.96 bits per heavy atom. The van der Waals surface area contributed by atoms with Crippen molar-refractivity contribution in [2.45, 2.75) is 62.7 Å². The fraction of sp³-hybridized carbons (Fsp3) is 0.476. The maximum Gasteiger partial charge on any atom is 0.237 e. The van der Waals surface area contributed by atoms with E-state index in [9.17, 15) is 4.79 Å². The Kier molecular flexibility index (Phi) is 6.00. The lowest BCUT2D eigenvalue weighted by atomic mass is 10.0. The maximum absolute atomic E-state index is 13.1. The van der Waals surface area contributed by atoms with Crippen LogP contribution in [0.2, 0.25) is 0 Å². The van der Waals surface area contributed by atoms with E-state index in [0.29, 0.717) is 24.8 Å². The van der Waals surface area contributed by atoms with Crippen molar-refractivity contribution >= 4 is 17.7 Å². The summed E-state index contributed by atoms with van der Waals surface area (Å²) in [7, 11) is 0. The van der Waals surface area contributed by atoms with Crippen LogP contribution in [0.4, 0.5) is 0 Å². The van der Waals surface area contributed by atoms with Crippen LogP contribution in [0.3, 0.4) is 0 Å².